The molecule has 0 amide bonds. The molecule has 3 atom stereocenters. The monoisotopic (exact) mass is 266 g/mol. The van der Waals surface area contributed by atoms with Crippen LogP contribution >= 0.6 is 11.3 Å². The van der Waals surface area contributed by atoms with Crippen LogP contribution in [0.25, 0.3) is 0 Å². The van der Waals surface area contributed by atoms with Gasteiger partial charge < -0.3 is 5.32 Å². The minimum atomic E-state index is 0.695. The Kier molecular flexibility index (Phi) is 5.19. The van der Waals surface area contributed by atoms with Crippen LogP contribution in [0, 0.1) is 18.8 Å². The number of aryl methyl sites for hydroxylation is 1. The first kappa shape index (κ1) is 14.0. The first-order chi connectivity index (χ1) is 8.72. The van der Waals surface area contributed by atoms with Crippen molar-refractivity contribution in [2.45, 2.75) is 58.4 Å². The Labute approximate surface area is 115 Å². The van der Waals surface area contributed by atoms with E-state index in [0.29, 0.717) is 6.04 Å². The van der Waals surface area contributed by atoms with E-state index in [4.69, 9.17) is 0 Å². The maximum atomic E-state index is 4.64. The van der Waals surface area contributed by atoms with Crippen LogP contribution in [0.1, 0.15) is 49.7 Å². The molecule has 0 saturated heterocycles. The van der Waals surface area contributed by atoms with E-state index in [1.54, 1.807) is 11.3 Å². The second kappa shape index (κ2) is 6.67. The topological polar surface area (TPSA) is 24.9 Å². The van der Waals surface area contributed by atoms with Crippen molar-refractivity contribution in [3.8, 4) is 0 Å². The van der Waals surface area contributed by atoms with Crippen molar-refractivity contribution >= 4 is 11.3 Å². The predicted molar refractivity (Wildman–Crippen MR) is 79.1 cm³/mol. The summed E-state index contributed by atoms with van der Waals surface area (Å²) in [6, 6.07) is 0.695. The number of nitrogens with zero attached hydrogens (tertiary/aromatic N) is 1. The SMILES string of the molecule is CCCC1CCC(NC)C(Cc2csc(C)n2)C1. The molecule has 1 N–H and O–H groups in total. The van der Waals surface area contributed by atoms with Crippen molar-refractivity contribution in [3.05, 3.63) is 16.1 Å². The van der Waals surface area contributed by atoms with Crippen molar-refractivity contribution in [1.29, 1.82) is 0 Å². The van der Waals surface area contributed by atoms with E-state index in [-0.39, 0.29) is 0 Å². The van der Waals surface area contributed by atoms with Crippen molar-refractivity contribution in [3.63, 3.8) is 0 Å². The Morgan fingerprint density at radius 3 is 2.89 bits per heavy atom. The standard InChI is InChI=1S/C15H26N2S/c1-4-5-12-6-7-15(16-3)13(8-12)9-14-10-18-11(2)17-14/h10,12-13,15-16H,4-9H2,1-3H3. The van der Waals surface area contributed by atoms with E-state index in [9.17, 15) is 0 Å². The van der Waals surface area contributed by atoms with E-state index >= 15 is 0 Å². The molecular formula is C15H26N2S. The molecule has 1 fully saturated rings. The van der Waals surface area contributed by atoms with Crippen LogP contribution in [0.3, 0.4) is 0 Å². The van der Waals surface area contributed by atoms with Crippen molar-refractivity contribution in [2.75, 3.05) is 7.05 Å². The molecule has 3 unspecified atom stereocenters. The summed E-state index contributed by atoms with van der Waals surface area (Å²) in [5.41, 5.74) is 1.31. The molecule has 0 spiro atoms. The lowest BCUT2D eigenvalue weighted by atomic mass is 9.74. The summed E-state index contributed by atoms with van der Waals surface area (Å²) in [5, 5.41) is 6.96. The normalized spacial score (nSPS) is 28.5. The number of hydrogen-bond donors (Lipinski definition) is 1. The third kappa shape index (κ3) is 3.55. The van der Waals surface area contributed by atoms with Gasteiger partial charge in [0.25, 0.3) is 0 Å². The van der Waals surface area contributed by atoms with E-state index < -0.39 is 0 Å². The minimum absolute atomic E-state index is 0.695. The zero-order valence-corrected chi connectivity index (χ0v) is 12.7. The molecule has 1 heterocycles. The maximum absolute atomic E-state index is 4.64. The average Bonchev–Trinajstić information content (AvgIpc) is 2.76. The van der Waals surface area contributed by atoms with Gasteiger partial charge in [-0.1, -0.05) is 19.8 Å². The Bertz CT molecular complexity index is 361. The summed E-state index contributed by atoms with van der Waals surface area (Å²) >= 11 is 1.78. The lowest BCUT2D eigenvalue weighted by molar-refractivity contribution is 0.199. The van der Waals surface area contributed by atoms with Crippen LogP contribution in [0.2, 0.25) is 0 Å². The molecular weight excluding hydrogens is 240 g/mol. The van der Waals surface area contributed by atoms with Crippen molar-refractivity contribution in [1.82, 2.24) is 10.3 Å². The molecule has 0 radical (unpaired) electrons. The highest BCUT2D eigenvalue weighted by Gasteiger charge is 2.29. The summed E-state index contributed by atoms with van der Waals surface area (Å²) in [4.78, 5) is 4.64. The van der Waals surface area contributed by atoms with Gasteiger partial charge in [0, 0.05) is 11.4 Å². The fourth-order valence-electron chi connectivity index (χ4n) is 3.41. The van der Waals surface area contributed by atoms with Crippen LogP contribution in [-0.4, -0.2) is 18.1 Å². The highest BCUT2D eigenvalue weighted by molar-refractivity contribution is 7.09. The molecule has 2 rings (SSSR count). The van der Waals surface area contributed by atoms with Gasteiger partial charge in [-0.2, -0.15) is 0 Å². The lowest BCUT2D eigenvalue weighted by Gasteiger charge is -2.36. The zero-order valence-electron chi connectivity index (χ0n) is 11.9. The average molecular weight is 266 g/mol. The summed E-state index contributed by atoms with van der Waals surface area (Å²) in [5.74, 6) is 1.73. The van der Waals surface area contributed by atoms with Gasteiger partial charge in [0.2, 0.25) is 0 Å². The molecule has 1 aliphatic rings. The maximum Gasteiger partial charge on any atom is 0.0897 e. The molecule has 18 heavy (non-hydrogen) atoms. The number of nitrogens with one attached hydrogen (secondary N) is 1. The Balaban J connectivity index is 1.97. The summed E-state index contributed by atoms with van der Waals surface area (Å²) in [6.07, 6.45) is 8.04. The number of rotatable bonds is 5. The molecule has 1 aromatic rings. The van der Waals surface area contributed by atoms with Gasteiger partial charge in [-0.25, -0.2) is 4.98 Å². The van der Waals surface area contributed by atoms with Gasteiger partial charge in [0.05, 0.1) is 10.7 Å². The van der Waals surface area contributed by atoms with Crippen molar-refractivity contribution in [2.24, 2.45) is 11.8 Å². The fraction of sp³-hybridized carbons (Fsp3) is 0.800. The third-order valence-corrected chi connectivity index (χ3v) is 5.12. The molecule has 0 bridgehead atoms. The summed E-state index contributed by atoms with van der Waals surface area (Å²) in [7, 11) is 2.12. The first-order valence-electron chi connectivity index (χ1n) is 7.31. The zero-order chi connectivity index (χ0) is 13.0. The van der Waals surface area contributed by atoms with Crippen LogP contribution in [0.15, 0.2) is 5.38 Å². The second-order valence-electron chi connectivity index (χ2n) is 5.68. The predicted octanol–water partition coefficient (Wildman–Crippen LogP) is 3.80. The molecule has 0 aromatic carbocycles. The molecule has 1 aliphatic carbocycles. The van der Waals surface area contributed by atoms with E-state index in [0.717, 1.165) is 18.3 Å². The second-order valence-corrected chi connectivity index (χ2v) is 6.75. The van der Waals surface area contributed by atoms with E-state index in [1.165, 1.54) is 42.8 Å². The van der Waals surface area contributed by atoms with Crippen LogP contribution in [0.5, 0.6) is 0 Å². The highest BCUT2D eigenvalue weighted by atomic mass is 32.1. The Morgan fingerprint density at radius 2 is 2.28 bits per heavy atom. The quantitative estimate of drug-likeness (QED) is 0.877. The van der Waals surface area contributed by atoms with Crippen LogP contribution < -0.4 is 5.32 Å². The van der Waals surface area contributed by atoms with Gasteiger partial charge in [-0.15, -0.1) is 11.3 Å². The Hall–Kier alpha value is -0.410. The number of aromatic nitrogens is 1. The van der Waals surface area contributed by atoms with Gasteiger partial charge in [0.1, 0.15) is 0 Å². The molecule has 102 valence electrons. The fourth-order valence-corrected chi connectivity index (χ4v) is 4.03. The van der Waals surface area contributed by atoms with Crippen molar-refractivity contribution < 1.29 is 0 Å². The highest BCUT2D eigenvalue weighted by Crippen LogP contribution is 2.34. The van der Waals surface area contributed by atoms with Gasteiger partial charge in [-0.05, 0) is 51.5 Å². The van der Waals surface area contributed by atoms with Gasteiger partial charge in [0.15, 0.2) is 0 Å². The number of hydrogen-bond acceptors (Lipinski definition) is 3. The Morgan fingerprint density at radius 1 is 1.44 bits per heavy atom. The lowest BCUT2D eigenvalue weighted by Crippen LogP contribution is -2.39. The van der Waals surface area contributed by atoms with Gasteiger partial charge >= 0.3 is 0 Å². The molecule has 3 heteroatoms. The minimum Gasteiger partial charge on any atom is -0.317 e. The first-order valence-corrected chi connectivity index (χ1v) is 8.19. The molecule has 0 aliphatic heterocycles. The van der Waals surface area contributed by atoms with Gasteiger partial charge in [-0.3, -0.25) is 0 Å². The van der Waals surface area contributed by atoms with E-state index in [2.05, 4.69) is 36.6 Å². The summed E-state index contributed by atoms with van der Waals surface area (Å²) in [6.45, 7) is 4.41. The molecule has 2 nitrogen and oxygen atoms in total. The molecule has 1 aromatic heterocycles. The molecule has 1 saturated carbocycles. The smallest absolute Gasteiger partial charge is 0.0897 e. The largest absolute Gasteiger partial charge is 0.317 e. The van der Waals surface area contributed by atoms with Crippen LogP contribution in [-0.2, 0) is 6.42 Å². The van der Waals surface area contributed by atoms with E-state index in [1.807, 2.05) is 0 Å². The number of thiazole rings is 1. The third-order valence-electron chi connectivity index (χ3n) is 4.30. The summed E-state index contributed by atoms with van der Waals surface area (Å²) < 4.78 is 0. The van der Waals surface area contributed by atoms with Crippen LogP contribution in [0.4, 0.5) is 0 Å².